The molecule has 0 aliphatic heterocycles. The highest BCUT2D eigenvalue weighted by atomic mass is 16.2. The van der Waals surface area contributed by atoms with Gasteiger partial charge in [0.25, 0.3) is 0 Å². The number of rotatable bonds is 6. The Bertz CT molecular complexity index is 1070. The summed E-state index contributed by atoms with van der Waals surface area (Å²) in [6, 6.07) is 23.0. The molecule has 0 heterocycles. The topological polar surface area (TPSA) is 47.1 Å². The lowest BCUT2D eigenvalue weighted by molar-refractivity contribution is 0.253. The van der Waals surface area contributed by atoms with Gasteiger partial charge >= 0.3 is 12.1 Å². The highest BCUT2D eigenvalue weighted by Crippen LogP contribution is 2.27. The van der Waals surface area contributed by atoms with Gasteiger partial charge in [-0.3, -0.25) is 19.6 Å². The number of amides is 4. The van der Waals surface area contributed by atoms with Crippen molar-refractivity contribution in [1.29, 1.82) is 0 Å². The van der Waals surface area contributed by atoms with Crippen LogP contribution in [0.5, 0.6) is 0 Å². The first-order valence-corrected chi connectivity index (χ1v) is 11.6. The molecular formula is C28H34N4O2. The second kappa shape index (κ2) is 10.9. The van der Waals surface area contributed by atoms with Crippen LogP contribution in [0.3, 0.4) is 0 Å². The Hall–Kier alpha value is -3.80. The first-order valence-electron chi connectivity index (χ1n) is 11.6. The van der Waals surface area contributed by atoms with Crippen molar-refractivity contribution in [2.45, 2.75) is 26.7 Å². The maximum absolute atomic E-state index is 13.3. The molecule has 178 valence electrons. The molecule has 0 radical (unpaired) electrons. The number of carbonyl (C=O) groups is 2. The zero-order valence-electron chi connectivity index (χ0n) is 20.9. The average Bonchev–Trinajstić information content (AvgIpc) is 2.90. The van der Waals surface area contributed by atoms with Gasteiger partial charge in [-0.15, -0.1) is 0 Å². The fraction of sp³-hybridized carbons (Fsp3) is 0.286. The van der Waals surface area contributed by atoms with E-state index in [1.165, 1.54) is 0 Å². The van der Waals surface area contributed by atoms with E-state index in [-0.39, 0.29) is 12.1 Å². The van der Waals surface area contributed by atoms with Gasteiger partial charge in [0.1, 0.15) is 0 Å². The molecule has 6 nitrogen and oxygen atoms in total. The molecule has 4 amide bonds. The van der Waals surface area contributed by atoms with E-state index in [9.17, 15) is 9.59 Å². The number of anilines is 4. The van der Waals surface area contributed by atoms with Gasteiger partial charge in [-0.05, 0) is 54.3 Å². The molecule has 0 bridgehead atoms. The van der Waals surface area contributed by atoms with Crippen molar-refractivity contribution in [1.82, 2.24) is 0 Å². The number of hydrogen-bond donors (Lipinski definition) is 0. The minimum Gasteiger partial charge on any atom is -0.297 e. The Labute approximate surface area is 203 Å². The highest BCUT2D eigenvalue weighted by Gasteiger charge is 2.22. The summed E-state index contributed by atoms with van der Waals surface area (Å²) in [7, 11) is 7.07. The standard InChI is InChI=1S/C28H34N4O2/c1-7-21-14-9-11-18-25(21)31(5)27(33)29(3)23-16-13-17-24(20-23)30(4)28(34)32(6)26-19-12-10-15-22(26)8-2/h9-20H,7-8H2,1-6H3. The molecule has 0 aliphatic carbocycles. The van der Waals surface area contributed by atoms with Crippen LogP contribution >= 0.6 is 0 Å². The second-order valence-electron chi connectivity index (χ2n) is 8.29. The van der Waals surface area contributed by atoms with Crippen LogP contribution in [0.25, 0.3) is 0 Å². The number of nitrogens with zero attached hydrogens (tertiary/aromatic N) is 4. The van der Waals surface area contributed by atoms with Crippen LogP contribution in [0.4, 0.5) is 32.3 Å². The Morgan fingerprint density at radius 1 is 0.559 bits per heavy atom. The van der Waals surface area contributed by atoms with Crippen molar-refractivity contribution < 1.29 is 9.59 Å². The zero-order valence-corrected chi connectivity index (χ0v) is 20.9. The molecule has 34 heavy (non-hydrogen) atoms. The van der Waals surface area contributed by atoms with Gasteiger partial charge in [0.2, 0.25) is 0 Å². The minimum absolute atomic E-state index is 0.152. The van der Waals surface area contributed by atoms with Crippen LogP contribution < -0.4 is 19.6 Å². The van der Waals surface area contributed by atoms with E-state index in [0.717, 1.165) is 35.3 Å². The van der Waals surface area contributed by atoms with Gasteiger partial charge in [0.15, 0.2) is 0 Å². The van der Waals surface area contributed by atoms with E-state index < -0.39 is 0 Å². The zero-order chi connectivity index (χ0) is 24.8. The summed E-state index contributed by atoms with van der Waals surface area (Å²) in [5, 5.41) is 0. The molecule has 0 spiro atoms. The van der Waals surface area contributed by atoms with Crippen molar-refractivity contribution in [2.75, 3.05) is 47.8 Å². The first kappa shape index (κ1) is 24.8. The fourth-order valence-electron chi connectivity index (χ4n) is 4.06. The van der Waals surface area contributed by atoms with E-state index in [2.05, 4.69) is 13.8 Å². The van der Waals surface area contributed by atoms with Crippen LogP contribution in [-0.4, -0.2) is 40.3 Å². The molecule has 0 fully saturated rings. The summed E-state index contributed by atoms with van der Waals surface area (Å²) in [5.74, 6) is 0. The lowest BCUT2D eigenvalue weighted by Crippen LogP contribution is -2.40. The largest absolute Gasteiger partial charge is 0.328 e. The summed E-state index contributed by atoms with van der Waals surface area (Å²) in [6.07, 6.45) is 1.68. The van der Waals surface area contributed by atoms with Gasteiger partial charge in [0, 0.05) is 50.9 Å². The van der Waals surface area contributed by atoms with Crippen molar-refractivity contribution in [2.24, 2.45) is 0 Å². The molecule has 0 aliphatic rings. The summed E-state index contributed by atoms with van der Waals surface area (Å²) < 4.78 is 0. The number of carbonyl (C=O) groups excluding carboxylic acids is 2. The Morgan fingerprint density at radius 2 is 0.941 bits per heavy atom. The smallest absolute Gasteiger partial charge is 0.297 e. The number of para-hydroxylation sites is 2. The molecule has 3 aromatic carbocycles. The van der Waals surface area contributed by atoms with E-state index >= 15 is 0 Å². The molecule has 6 heteroatoms. The van der Waals surface area contributed by atoms with Gasteiger partial charge in [-0.25, -0.2) is 9.59 Å². The SMILES string of the molecule is CCc1ccccc1N(C)C(=O)N(C)c1cccc(N(C)C(=O)N(C)c2ccccc2CC)c1. The quantitative estimate of drug-likeness (QED) is 0.442. The Kier molecular flexibility index (Phi) is 7.95. The summed E-state index contributed by atoms with van der Waals surface area (Å²) in [6.45, 7) is 4.15. The number of aryl methyl sites for hydroxylation is 2. The van der Waals surface area contributed by atoms with E-state index in [4.69, 9.17) is 0 Å². The van der Waals surface area contributed by atoms with Crippen molar-refractivity contribution in [3.8, 4) is 0 Å². The summed E-state index contributed by atoms with van der Waals surface area (Å²) in [4.78, 5) is 33.0. The van der Waals surface area contributed by atoms with Gasteiger partial charge < -0.3 is 0 Å². The number of hydrogen-bond acceptors (Lipinski definition) is 2. The lowest BCUT2D eigenvalue weighted by Gasteiger charge is -2.29. The van der Waals surface area contributed by atoms with Gasteiger partial charge in [-0.1, -0.05) is 56.3 Å². The molecule has 3 rings (SSSR count). The second-order valence-corrected chi connectivity index (χ2v) is 8.29. The molecule has 0 aromatic heterocycles. The molecule has 0 unspecified atom stereocenters. The third-order valence-corrected chi connectivity index (χ3v) is 6.22. The highest BCUT2D eigenvalue weighted by molar-refractivity contribution is 6.05. The molecule has 3 aromatic rings. The van der Waals surface area contributed by atoms with E-state index in [1.54, 1.807) is 47.8 Å². The summed E-state index contributed by atoms with van der Waals surface area (Å²) in [5.41, 5.74) is 5.42. The molecule has 0 saturated carbocycles. The average molecular weight is 459 g/mol. The predicted octanol–water partition coefficient (Wildman–Crippen LogP) is 6.20. The number of benzene rings is 3. The van der Waals surface area contributed by atoms with Gasteiger partial charge in [0.05, 0.1) is 0 Å². The monoisotopic (exact) mass is 458 g/mol. The van der Waals surface area contributed by atoms with Gasteiger partial charge in [-0.2, -0.15) is 0 Å². The van der Waals surface area contributed by atoms with Crippen molar-refractivity contribution in [3.05, 3.63) is 83.9 Å². The molecule has 0 atom stereocenters. The first-order chi connectivity index (χ1) is 16.3. The third-order valence-electron chi connectivity index (χ3n) is 6.22. The normalized spacial score (nSPS) is 10.5. The van der Waals surface area contributed by atoms with Crippen LogP contribution in [0.15, 0.2) is 72.8 Å². The molecular weight excluding hydrogens is 424 g/mol. The lowest BCUT2D eigenvalue weighted by atomic mass is 10.1. The Balaban J connectivity index is 1.82. The maximum Gasteiger partial charge on any atom is 0.328 e. The number of urea groups is 2. The van der Waals surface area contributed by atoms with Crippen LogP contribution in [0.1, 0.15) is 25.0 Å². The van der Waals surface area contributed by atoms with Crippen LogP contribution in [-0.2, 0) is 12.8 Å². The molecule has 0 saturated heterocycles. The molecule has 0 N–H and O–H groups in total. The van der Waals surface area contributed by atoms with Crippen LogP contribution in [0, 0.1) is 0 Å². The fourth-order valence-corrected chi connectivity index (χ4v) is 4.06. The van der Waals surface area contributed by atoms with E-state index in [0.29, 0.717) is 11.4 Å². The minimum atomic E-state index is -0.152. The maximum atomic E-state index is 13.3. The van der Waals surface area contributed by atoms with Crippen molar-refractivity contribution in [3.63, 3.8) is 0 Å². The summed E-state index contributed by atoms with van der Waals surface area (Å²) >= 11 is 0. The van der Waals surface area contributed by atoms with Crippen LogP contribution in [0.2, 0.25) is 0 Å². The van der Waals surface area contributed by atoms with Crippen molar-refractivity contribution >= 4 is 34.8 Å². The predicted molar refractivity (Wildman–Crippen MR) is 142 cm³/mol. The Morgan fingerprint density at radius 3 is 1.32 bits per heavy atom. The van der Waals surface area contributed by atoms with E-state index in [1.807, 2.05) is 72.8 Å². The third kappa shape index (κ3) is 5.06.